The van der Waals surface area contributed by atoms with E-state index in [2.05, 4.69) is 0 Å². The molecule has 0 unspecified atom stereocenters. The van der Waals surface area contributed by atoms with E-state index in [1.165, 1.54) is 0 Å². The van der Waals surface area contributed by atoms with Crippen molar-refractivity contribution in [1.82, 2.24) is 0 Å². The van der Waals surface area contributed by atoms with E-state index >= 15 is 0 Å². The van der Waals surface area contributed by atoms with Crippen LogP contribution in [0.3, 0.4) is 0 Å². The van der Waals surface area contributed by atoms with Crippen LogP contribution in [0.15, 0.2) is 11.6 Å². The van der Waals surface area contributed by atoms with Gasteiger partial charge in [-0.05, 0) is 32.3 Å². The minimum atomic E-state index is -3.62. The molecule has 0 bridgehead atoms. The van der Waals surface area contributed by atoms with Gasteiger partial charge in [0.15, 0.2) is 0 Å². The van der Waals surface area contributed by atoms with Crippen molar-refractivity contribution in [3.05, 3.63) is 11.6 Å². The molecule has 0 aromatic heterocycles. The molecule has 92 valence electrons. The van der Waals surface area contributed by atoms with Crippen LogP contribution in [0.4, 0.5) is 0 Å². The molecular weight excluding hydrogens is 228 g/mol. The molecule has 0 spiro atoms. The monoisotopic (exact) mass is 246 g/mol. The summed E-state index contributed by atoms with van der Waals surface area (Å²) in [6.07, 6.45) is 1.85. The molecule has 0 saturated carbocycles. The van der Waals surface area contributed by atoms with Gasteiger partial charge in [0.25, 0.3) is 10.1 Å². The third-order valence-corrected chi connectivity index (χ3v) is 5.81. The molecule has 4 nitrogen and oxygen atoms in total. The van der Waals surface area contributed by atoms with Crippen molar-refractivity contribution in [2.45, 2.75) is 50.6 Å². The summed E-state index contributed by atoms with van der Waals surface area (Å²) in [4.78, 5) is 0. The fourth-order valence-corrected chi connectivity index (χ4v) is 4.09. The van der Waals surface area contributed by atoms with Crippen LogP contribution >= 0.6 is 0 Å². The van der Waals surface area contributed by atoms with Gasteiger partial charge >= 0.3 is 0 Å². The van der Waals surface area contributed by atoms with Crippen molar-refractivity contribution in [3.8, 4) is 0 Å². The van der Waals surface area contributed by atoms with E-state index in [9.17, 15) is 13.5 Å². The van der Waals surface area contributed by atoms with Gasteiger partial charge in [0.05, 0.1) is 12.2 Å². The molecule has 1 fully saturated rings. The Morgan fingerprint density at radius 3 is 2.75 bits per heavy atom. The first-order chi connectivity index (χ1) is 7.26. The van der Waals surface area contributed by atoms with Crippen LogP contribution < -0.4 is 0 Å². The third-order valence-electron chi connectivity index (χ3n) is 3.70. The van der Waals surface area contributed by atoms with Crippen molar-refractivity contribution in [3.63, 3.8) is 0 Å². The van der Waals surface area contributed by atoms with Crippen molar-refractivity contribution in [1.29, 1.82) is 0 Å². The Bertz CT molecular complexity index is 425. The van der Waals surface area contributed by atoms with Gasteiger partial charge in [-0.15, -0.1) is 0 Å². The zero-order valence-electron chi connectivity index (χ0n) is 9.80. The number of aliphatic hydroxyl groups excluding tert-OH is 1. The highest BCUT2D eigenvalue weighted by Crippen LogP contribution is 2.44. The molecule has 1 aliphatic carbocycles. The summed E-state index contributed by atoms with van der Waals surface area (Å²) in [6, 6.07) is 0. The lowest BCUT2D eigenvalue weighted by Crippen LogP contribution is -2.50. The maximum Gasteiger partial charge on any atom is 0.277 e. The summed E-state index contributed by atoms with van der Waals surface area (Å²) in [5.41, 5.74) is 0.893. The van der Waals surface area contributed by atoms with Crippen LogP contribution in [0, 0.1) is 5.92 Å². The van der Waals surface area contributed by atoms with E-state index in [1.54, 1.807) is 13.8 Å². The standard InChI is InChI=1S/C11H18O4S/c1-7-4-9-5-8(2)15-16(13,14)11(9,3)6-10(7)12/h4,7-8,10,12H,5-6H2,1-3H3/t7-,8-,10+,11-/m1/s1. The fraction of sp³-hybridized carbons (Fsp3) is 0.818. The minimum absolute atomic E-state index is 0.0172. The van der Waals surface area contributed by atoms with Crippen molar-refractivity contribution < 1.29 is 17.7 Å². The Morgan fingerprint density at radius 1 is 1.50 bits per heavy atom. The molecule has 0 radical (unpaired) electrons. The Balaban J connectivity index is 2.51. The fourth-order valence-electron chi connectivity index (χ4n) is 2.53. The van der Waals surface area contributed by atoms with Gasteiger partial charge in [-0.2, -0.15) is 8.42 Å². The highest BCUT2D eigenvalue weighted by atomic mass is 32.2. The van der Waals surface area contributed by atoms with Crippen molar-refractivity contribution in [2.24, 2.45) is 5.92 Å². The predicted octanol–water partition coefficient (Wildman–Crippen LogP) is 1.21. The lowest BCUT2D eigenvalue weighted by Gasteiger charge is -2.43. The summed E-state index contributed by atoms with van der Waals surface area (Å²) in [6.45, 7) is 5.31. The average Bonchev–Trinajstić information content (AvgIpc) is 2.11. The first-order valence-electron chi connectivity index (χ1n) is 5.58. The zero-order chi connectivity index (χ0) is 12.1. The first-order valence-corrected chi connectivity index (χ1v) is 6.99. The second kappa shape index (κ2) is 3.55. The average molecular weight is 246 g/mol. The molecule has 2 aliphatic rings. The van der Waals surface area contributed by atoms with E-state index in [4.69, 9.17) is 4.18 Å². The van der Waals surface area contributed by atoms with Crippen molar-refractivity contribution in [2.75, 3.05) is 0 Å². The van der Waals surface area contributed by atoms with Gasteiger partial charge in [0, 0.05) is 5.92 Å². The van der Waals surface area contributed by atoms with E-state index in [0.717, 1.165) is 5.57 Å². The molecule has 1 aliphatic heterocycles. The molecule has 1 saturated heterocycles. The Hall–Kier alpha value is -0.390. The minimum Gasteiger partial charge on any atom is -0.392 e. The zero-order valence-corrected chi connectivity index (χ0v) is 10.6. The van der Waals surface area contributed by atoms with Crippen LogP contribution in [0.25, 0.3) is 0 Å². The maximum absolute atomic E-state index is 12.0. The summed E-state index contributed by atoms with van der Waals surface area (Å²) in [5, 5.41) is 9.82. The highest BCUT2D eigenvalue weighted by Gasteiger charge is 2.51. The molecule has 1 N–H and O–H groups in total. The van der Waals surface area contributed by atoms with Crippen LogP contribution in [0.1, 0.15) is 33.6 Å². The highest BCUT2D eigenvalue weighted by molar-refractivity contribution is 7.88. The van der Waals surface area contributed by atoms with Crippen molar-refractivity contribution >= 4 is 10.1 Å². The molecule has 0 amide bonds. The smallest absolute Gasteiger partial charge is 0.277 e. The van der Waals surface area contributed by atoms with E-state index in [1.807, 2.05) is 13.0 Å². The van der Waals surface area contributed by atoms with Gasteiger partial charge in [-0.3, -0.25) is 4.18 Å². The van der Waals surface area contributed by atoms with E-state index in [-0.39, 0.29) is 18.4 Å². The maximum atomic E-state index is 12.0. The lowest BCUT2D eigenvalue weighted by atomic mass is 9.79. The summed E-state index contributed by atoms with van der Waals surface area (Å²) >= 11 is 0. The molecule has 0 aromatic carbocycles. The molecule has 16 heavy (non-hydrogen) atoms. The van der Waals surface area contributed by atoms with E-state index < -0.39 is 21.0 Å². The Labute approximate surface area is 96.4 Å². The molecular formula is C11H18O4S. The van der Waals surface area contributed by atoms with Crippen LogP contribution in [-0.4, -0.2) is 30.5 Å². The second-order valence-electron chi connectivity index (χ2n) is 5.12. The number of aliphatic hydroxyl groups is 1. The first kappa shape index (κ1) is 12.1. The largest absolute Gasteiger partial charge is 0.392 e. The quantitative estimate of drug-likeness (QED) is 0.515. The van der Waals surface area contributed by atoms with Crippen LogP contribution in [-0.2, 0) is 14.3 Å². The SMILES string of the molecule is C[C@@H]1CC2=C[C@@H](C)[C@@H](O)C[C@@]2(C)S(=O)(=O)O1. The van der Waals surface area contributed by atoms with Gasteiger partial charge in [0.1, 0.15) is 4.75 Å². The third kappa shape index (κ3) is 1.61. The Morgan fingerprint density at radius 2 is 2.12 bits per heavy atom. The van der Waals surface area contributed by atoms with E-state index in [0.29, 0.717) is 6.42 Å². The second-order valence-corrected chi connectivity index (χ2v) is 7.12. The Kier molecular flexibility index (Phi) is 2.68. The summed E-state index contributed by atoms with van der Waals surface area (Å²) < 4.78 is 28.1. The van der Waals surface area contributed by atoms with Crippen LogP contribution in [0.5, 0.6) is 0 Å². The number of hydrogen-bond donors (Lipinski definition) is 1. The summed E-state index contributed by atoms with van der Waals surface area (Å²) in [7, 11) is -3.62. The number of fused-ring (bicyclic) bond motifs is 1. The lowest BCUT2D eigenvalue weighted by molar-refractivity contribution is 0.0968. The van der Waals surface area contributed by atoms with Gasteiger partial charge in [-0.1, -0.05) is 13.0 Å². The molecule has 0 aromatic rings. The normalized spacial score (nSPS) is 47.0. The topological polar surface area (TPSA) is 63.6 Å². The van der Waals surface area contributed by atoms with Gasteiger partial charge < -0.3 is 5.11 Å². The van der Waals surface area contributed by atoms with Gasteiger partial charge in [0.2, 0.25) is 0 Å². The molecule has 4 atom stereocenters. The van der Waals surface area contributed by atoms with Gasteiger partial charge in [-0.25, -0.2) is 0 Å². The molecule has 5 heteroatoms. The number of rotatable bonds is 0. The number of hydrogen-bond acceptors (Lipinski definition) is 4. The predicted molar refractivity (Wildman–Crippen MR) is 60.4 cm³/mol. The molecule has 2 rings (SSSR count). The van der Waals surface area contributed by atoms with Crippen LogP contribution in [0.2, 0.25) is 0 Å². The molecule has 1 heterocycles. The summed E-state index contributed by atoms with van der Waals surface area (Å²) in [5.74, 6) is 0.0172.